The third kappa shape index (κ3) is 2.48. The summed E-state index contributed by atoms with van der Waals surface area (Å²) in [6.45, 7) is 1.43. The topological polar surface area (TPSA) is 37.3 Å². The fourth-order valence-electron chi connectivity index (χ4n) is 1.67. The van der Waals surface area contributed by atoms with Gasteiger partial charge in [-0.15, -0.1) is 0 Å². The molecule has 0 aliphatic carbocycles. The summed E-state index contributed by atoms with van der Waals surface area (Å²) in [6, 6.07) is 12.3. The van der Waals surface area contributed by atoms with E-state index in [4.69, 9.17) is 11.6 Å². The molecule has 2 rings (SSSR count). The van der Waals surface area contributed by atoms with Gasteiger partial charge in [-0.3, -0.25) is 4.79 Å². The number of hydrogen-bond donors (Lipinski definition) is 1. The second kappa shape index (κ2) is 4.60. The lowest BCUT2D eigenvalue weighted by atomic mass is 10.0. The minimum atomic E-state index is -0.161. The number of carbonyl (C=O) groups excluding carboxylic acids is 1. The molecule has 0 bridgehead atoms. The molecule has 0 aliphatic rings. The molecule has 0 amide bonds. The van der Waals surface area contributed by atoms with Crippen molar-refractivity contribution in [1.82, 2.24) is 0 Å². The van der Waals surface area contributed by atoms with Crippen molar-refractivity contribution < 1.29 is 9.90 Å². The largest absolute Gasteiger partial charge is 0.507 e. The standard InChI is InChI=1S/C14H11ClO2/c1-9(16)13-8-11(5-6-14(13)17)10-3-2-4-12(15)7-10/h2-8,17H,1H3. The second-order valence-corrected chi connectivity index (χ2v) is 4.23. The molecule has 0 aromatic heterocycles. The highest BCUT2D eigenvalue weighted by molar-refractivity contribution is 6.30. The monoisotopic (exact) mass is 246 g/mol. The van der Waals surface area contributed by atoms with Gasteiger partial charge in [0.15, 0.2) is 5.78 Å². The summed E-state index contributed by atoms with van der Waals surface area (Å²) in [4.78, 5) is 11.3. The van der Waals surface area contributed by atoms with Gasteiger partial charge >= 0.3 is 0 Å². The van der Waals surface area contributed by atoms with Crippen LogP contribution in [0.25, 0.3) is 11.1 Å². The molecule has 0 unspecified atom stereocenters. The molecule has 86 valence electrons. The summed E-state index contributed by atoms with van der Waals surface area (Å²) in [5, 5.41) is 10.2. The number of carbonyl (C=O) groups is 1. The number of Topliss-reactive ketones (excluding diaryl/α,β-unsaturated/α-hetero) is 1. The van der Waals surface area contributed by atoms with Gasteiger partial charge in [0, 0.05) is 5.02 Å². The van der Waals surface area contributed by atoms with Crippen molar-refractivity contribution in [2.45, 2.75) is 6.92 Å². The van der Waals surface area contributed by atoms with Crippen LogP contribution in [0.5, 0.6) is 5.75 Å². The van der Waals surface area contributed by atoms with E-state index in [1.165, 1.54) is 13.0 Å². The fraction of sp³-hybridized carbons (Fsp3) is 0.0714. The van der Waals surface area contributed by atoms with Gasteiger partial charge in [0.2, 0.25) is 0 Å². The van der Waals surface area contributed by atoms with E-state index in [1.807, 2.05) is 18.2 Å². The van der Waals surface area contributed by atoms with Crippen LogP contribution in [0, 0.1) is 0 Å². The van der Waals surface area contributed by atoms with Crippen LogP contribution < -0.4 is 0 Å². The minimum Gasteiger partial charge on any atom is -0.507 e. The highest BCUT2D eigenvalue weighted by Gasteiger charge is 2.08. The number of phenolic OH excluding ortho intramolecular Hbond substituents is 1. The Hall–Kier alpha value is -1.80. The number of rotatable bonds is 2. The first-order chi connectivity index (χ1) is 8.08. The number of halogens is 1. The molecule has 1 N–H and O–H groups in total. The summed E-state index contributed by atoms with van der Waals surface area (Å²) in [6.07, 6.45) is 0. The molecule has 0 aliphatic heterocycles. The molecule has 17 heavy (non-hydrogen) atoms. The fourth-order valence-corrected chi connectivity index (χ4v) is 1.86. The van der Waals surface area contributed by atoms with Gasteiger partial charge in [0.25, 0.3) is 0 Å². The maximum Gasteiger partial charge on any atom is 0.163 e. The quantitative estimate of drug-likeness (QED) is 0.816. The average molecular weight is 247 g/mol. The number of ketones is 1. The van der Waals surface area contributed by atoms with E-state index in [9.17, 15) is 9.90 Å². The van der Waals surface area contributed by atoms with E-state index in [2.05, 4.69) is 0 Å². The van der Waals surface area contributed by atoms with Crippen molar-refractivity contribution in [2.24, 2.45) is 0 Å². The lowest BCUT2D eigenvalue weighted by molar-refractivity contribution is 0.101. The molecule has 2 aromatic rings. The Morgan fingerprint density at radius 3 is 2.47 bits per heavy atom. The molecule has 0 saturated heterocycles. The van der Waals surface area contributed by atoms with Gasteiger partial charge in [-0.25, -0.2) is 0 Å². The molecule has 0 radical (unpaired) electrons. The van der Waals surface area contributed by atoms with E-state index < -0.39 is 0 Å². The minimum absolute atomic E-state index is 0.00304. The highest BCUT2D eigenvalue weighted by atomic mass is 35.5. The molecule has 2 nitrogen and oxygen atoms in total. The molecule has 0 heterocycles. The lowest BCUT2D eigenvalue weighted by Gasteiger charge is -2.06. The predicted octanol–water partition coefficient (Wildman–Crippen LogP) is 3.92. The van der Waals surface area contributed by atoms with E-state index in [0.29, 0.717) is 10.6 Å². The SMILES string of the molecule is CC(=O)c1cc(-c2cccc(Cl)c2)ccc1O. The van der Waals surface area contributed by atoms with Crippen LogP contribution in [-0.2, 0) is 0 Å². The first kappa shape index (κ1) is 11.7. The Morgan fingerprint density at radius 1 is 1.12 bits per heavy atom. The van der Waals surface area contributed by atoms with Crippen LogP contribution in [-0.4, -0.2) is 10.9 Å². The zero-order chi connectivity index (χ0) is 12.4. The summed E-state index contributed by atoms with van der Waals surface area (Å²) >= 11 is 5.91. The molecule has 3 heteroatoms. The zero-order valence-electron chi connectivity index (χ0n) is 9.27. The molecular weight excluding hydrogens is 236 g/mol. The number of aromatic hydroxyl groups is 1. The molecule has 0 saturated carbocycles. The third-order valence-electron chi connectivity index (χ3n) is 2.53. The molecule has 0 spiro atoms. The van der Waals surface area contributed by atoms with Crippen molar-refractivity contribution in [3.8, 4) is 16.9 Å². The predicted molar refractivity (Wildman–Crippen MR) is 68.6 cm³/mol. The van der Waals surface area contributed by atoms with Crippen LogP contribution in [0.2, 0.25) is 5.02 Å². The maximum atomic E-state index is 11.3. The van der Waals surface area contributed by atoms with Crippen molar-refractivity contribution in [1.29, 1.82) is 0 Å². The van der Waals surface area contributed by atoms with Crippen molar-refractivity contribution in [3.63, 3.8) is 0 Å². The Kier molecular flexibility index (Phi) is 3.16. The van der Waals surface area contributed by atoms with Crippen LogP contribution in [0.3, 0.4) is 0 Å². The highest BCUT2D eigenvalue weighted by Crippen LogP contribution is 2.27. The first-order valence-corrected chi connectivity index (χ1v) is 5.55. The summed E-state index contributed by atoms with van der Waals surface area (Å²) < 4.78 is 0. The Bertz CT molecular complexity index is 576. The Morgan fingerprint density at radius 2 is 1.82 bits per heavy atom. The number of hydrogen-bond acceptors (Lipinski definition) is 2. The van der Waals surface area contributed by atoms with Gasteiger partial charge in [-0.05, 0) is 42.3 Å². The van der Waals surface area contributed by atoms with Crippen LogP contribution in [0.1, 0.15) is 17.3 Å². The summed E-state index contributed by atoms with van der Waals surface area (Å²) in [7, 11) is 0. The first-order valence-electron chi connectivity index (χ1n) is 5.18. The van der Waals surface area contributed by atoms with Gasteiger partial charge < -0.3 is 5.11 Å². The van der Waals surface area contributed by atoms with Crippen LogP contribution in [0.15, 0.2) is 42.5 Å². The number of phenols is 1. The zero-order valence-corrected chi connectivity index (χ0v) is 10.0. The van der Waals surface area contributed by atoms with E-state index >= 15 is 0 Å². The van der Waals surface area contributed by atoms with Crippen LogP contribution in [0.4, 0.5) is 0 Å². The average Bonchev–Trinajstić information content (AvgIpc) is 2.29. The smallest absolute Gasteiger partial charge is 0.163 e. The van der Waals surface area contributed by atoms with Crippen molar-refractivity contribution in [2.75, 3.05) is 0 Å². The van der Waals surface area contributed by atoms with Crippen molar-refractivity contribution in [3.05, 3.63) is 53.1 Å². The normalized spacial score (nSPS) is 10.2. The second-order valence-electron chi connectivity index (χ2n) is 3.80. The van der Waals surface area contributed by atoms with Crippen LogP contribution >= 0.6 is 11.6 Å². The van der Waals surface area contributed by atoms with E-state index in [0.717, 1.165) is 11.1 Å². The molecular formula is C14H11ClO2. The molecule has 2 aromatic carbocycles. The van der Waals surface area contributed by atoms with Crippen molar-refractivity contribution >= 4 is 17.4 Å². The number of benzene rings is 2. The maximum absolute atomic E-state index is 11.3. The van der Waals surface area contributed by atoms with E-state index in [1.54, 1.807) is 18.2 Å². The van der Waals surface area contributed by atoms with Gasteiger partial charge in [0.05, 0.1) is 5.56 Å². The lowest BCUT2D eigenvalue weighted by Crippen LogP contribution is -1.93. The van der Waals surface area contributed by atoms with E-state index in [-0.39, 0.29) is 11.5 Å². The Balaban J connectivity index is 2.54. The summed E-state index contributed by atoms with van der Waals surface area (Å²) in [5.41, 5.74) is 2.10. The van der Waals surface area contributed by atoms with Gasteiger partial charge in [-0.1, -0.05) is 29.8 Å². The van der Waals surface area contributed by atoms with Gasteiger partial charge in [-0.2, -0.15) is 0 Å². The molecule has 0 fully saturated rings. The third-order valence-corrected chi connectivity index (χ3v) is 2.77. The Labute approximate surface area is 104 Å². The van der Waals surface area contributed by atoms with Gasteiger partial charge in [0.1, 0.15) is 5.75 Å². The summed E-state index contributed by atoms with van der Waals surface area (Å²) in [5.74, 6) is -0.158. The molecule has 0 atom stereocenters.